The molecule has 1 heteroatoms. The molecule has 0 unspecified atom stereocenters. The Kier molecular flexibility index (Phi) is 8.41. The van der Waals surface area contributed by atoms with Crippen molar-refractivity contribution in [2.75, 3.05) is 0 Å². The second kappa shape index (κ2) is 6.97. The second-order valence-electron chi connectivity index (χ2n) is 2.05. The lowest BCUT2D eigenvalue weighted by molar-refractivity contribution is 1.42. The zero-order valence-electron chi connectivity index (χ0n) is 6.36. The molecule has 9 heavy (non-hydrogen) atoms. The third-order valence-electron chi connectivity index (χ3n) is 0.191. The molecule has 0 fully saturated rings. The highest BCUT2D eigenvalue weighted by molar-refractivity contribution is 4.97. The fraction of sp³-hybridized carbons (Fsp3) is 0.375. The smallest absolute Gasteiger partial charge is 0.155 e. The van der Waals surface area contributed by atoms with E-state index in [2.05, 4.69) is 18.0 Å². The van der Waals surface area contributed by atoms with Crippen LogP contribution >= 0.6 is 0 Å². The molecule has 0 spiro atoms. The van der Waals surface area contributed by atoms with Crippen LogP contribution in [-0.4, -0.2) is 0 Å². The Bertz CT molecular complexity index is 133. The van der Waals surface area contributed by atoms with E-state index >= 15 is 0 Å². The van der Waals surface area contributed by atoms with Gasteiger partial charge in [-0.25, -0.2) is 4.85 Å². The first kappa shape index (κ1) is 10.9. The van der Waals surface area contributed by atoms with Gasteiger partial charge in [-0.05, 0) is 20.8 Å². The van der Waals surface area contributed by atoms with Crippen LogP contribution in [0.15, 0.2) is 24.4 Å². The Morgan fingerprint density at radius 3 is 1.33 bits per heavy atom. The maximum atomic E-state index is 6.18. The molecule has 0 atom stereocenters. The number of hydrogen-bond acceptors (Lipinski definition) is 0. The third kappa shape index (κ3) is 183. The van der Waals surface area contributed by atoms with Crippen molar-refractivity contribution in [2.45, 2.75) is 20.8 Å². The second-order valence-corrected chi connectivity index (χ2v) is 2.05. The molecule has 0 saturated heterocycles. The van der Waals surface area contributed by atoms with E-state index in [1.54, 1.807) is 6.92 Å². The van der Waals surface area contributed by atoms with Gasteiger partial charge in [-0.1, -0.05) is 12.2 Å². The SMILES string of the molecule is C=C(C)C.[C-]#[N+]C(=C)C. The molecule has 0 N–H and O–H groups in total. The lowest BCUT2D eigenvalue weighted by Crippen LogP contribution is -1.44. The molecule has 0 heterocycles. The van der Waals surface area contributed by atoms with Crippen LogP contribution in [0.4, 0.5) is 0 Å². The normalized spacial score (nSPS) is 6.00. The molecule has 0 bridgehead atoms. The molecule has 0 aromatic carbocycles. The highest BCUT2D eigenvalue weighted by Crippen LogP contribution is 1.81. The summed E-state index contributed by atoms with van der Waals surface area (Å²) in [6.45, 7) is 18.7. The Hall–Kier alpha value is -1.03. The van der Waals surface area contributed by atoms with E-state index < -0.39 is 0 Å². The number of nitrogens with zero attached hydrogens (tertiary/aromatic N) is 1. The van der Waals surface area contributed by atoms with E-state index in [1.807, 2.05) is 13.8 Å². The minimum absolute atomic E-state index is 0.546. The van der Waals surface area contributed by atoms with Gasteiger partial charge in [-0.3, -0.25) is 0 Å². The zero-order valence-corrected chi connectivity index (χ0v) is 6.36. The minimum atomic E-state index is 0.546. The van der Waals surface area contributed by atoms with Gasteiger partial charge in [0, 0.05) is 0 Å². The number of hydrogen-bond donors (Lipinski definition) is 0. The summed E-state index contributed by atoms with van der Waals surface area (Å²) in [6.07, 6.45) is 0. The molecule has 0 aliphatic carbocycles. The number of allylic oxidation sites excluding steroid dienone is 2. The van der Waals surface area contributed by atoms with E-state index in [0.717, 1.165) is 0 Å². The van der Waals surface area contributed by atoms with E-state index in [0.29, 0.717) is 5.70 Å². The van der Waals surface area contributed by atoms with Gasteiger partial charge in [0.2, 0.25) is 0 Å². The van der Waals surface area contributed by atoms with E-state index in [1.165, 1.54) is 5.57 Å². The molecule has 0 amide bonds. The van der Waals surface area contributed by atoms with Gasteiger partial charge < -0.3 is 0 Å². The molecule has 0 radical (unpaired) electrons. The van der Waals surface area contributed by atoms with Crippen molar-refractivity contribution in [2.24, 2.45) is 0 Å². The Balaban J connectivity index is 0. The van der Waals surface area contributed by atoms with E-state index in [4.69, 9.17) is 6.57 Å². The monoisotopic (exact) mass is 123 g/mol. The zero-order chi connectivity index (χ0) is 7.86. The lowest BCUT2D eigenvalue weighted by Gasteiger charge is -1.65. The van der Waals surface area contributed by atoms with Crippen LogP contribution in [0.3, 0.4) is 0 Å². The van der Waals surface area contributed by atoms with Crippen molar-refractivity contribution < 1.29 is 0 Å². The van der Waals surface area contributed by atoms with E-state index in [-0.39, 0.29) is 0 Å². The summed E-state index contributed by atoms with van der Waals surface area (Å²) in [5.74, 6) is 0. The highest BCUT2D eigenvalue weighted by Gasteiger charge is 1.64. The Labute approximate surface area is 57.5 Å². The first-order valence-electron chi connectivity index (χ1n) is 2.65. The predicted molar refractivity (Wildman–Crippen MR) is 41.9 cm³/mol. The van der Waals surface area contributed by atoms with Crippen LogP contribution in [-0.2, 0) is 0 Å². The standard InChI is InChI=1S/C4H5N.C4H8/c1-4(2)5-3;1-4(2)3/h1H2,2H3;1H2,2-3H3. The quantitative estimate of drug-likeness (QED) is 0.344. The van der Waals surface area contributed by atoms with E-state index in [9.17, 15) is 0 Å². The van der Waals surface area contributed by atoms with Crippen LogP contribution < -0.4 is 0 Å². The molecule has 0 aromatic heterocycles. The minimum Gasteiger partial charge on any atom is -0.244 e. The average molecular weight is 123 g/mol. The molecule has 0 aliphatic rings. The molecule has 0 rings (SSSR count). The topological polar surface area (TPSA) is 4.36 Å². The van der Waals surface area contributed by atoms with Gasteiger partial charge in [0.15, 0.2) is 5.70 Å². The summed E-state index contributed by atoms with van der Waals surface area (Å²) in [6, 6.07) is 0. The summed E-state index contributed by atoms with van der Waals surface area (Å²) >= 11 is 0. The van der Waals surface area contributed by atoms with Crippen molar-refractivity contribution in [1.82, 2.24) is 0 Å². The summed E-state index contributed by atoms with van der Waals surface area (Å²) in [5.41, 5.74) is 1.71. The lowest BCUT2D eigenvalue weighted by atomic mass is 10.4. The molecule has 0 saturated carbocycles. The average Bonchev–Trinajstić information content (AvgIpc) is 1.65. The maximum Gasteiger partial charge on any atom is 0.155 e. The van der Waals surface area contributed by atoms with Crippen LogP contribution in [0.5, 0.6) is 0 Å². The van der Waals surface area contributed by atoms with Gasteiger partial charge in [-0.15, -0.1) is 6.58 Å². The molecular weight excluding hydrogens is 110 g/mol. The van der Waals surface area contributed by atoms with Crippen molar-refractivity contribution >= 4 is 0 Å². The van der Waals surface area contributed by atoms with Gasteiger partial charge in [-0.2, -0.15) is 0 Å². The van der Waals surface area contributed by atoms with Crippen molar-refractivity contribution in [3.05, 3.63) is 35.8 Å². The molecule has 50 valence electrons. The van der Waals surface area contributed by atoms with Crippen molar-refractivity contribution in [3.8, 4) is 0 Å². The maximum absolute atomic E-state index is 6.18. The first-order valence-corrected chi connectivity index (χ1v) is 2.65. The van der Waals surface area contributed by atoms with Gasteiger partial charge in [0.05, 0.1) is 6.57 Å². The molecule has 0 aliphatic heterocycles. The van der Waals surface area contributed by atoms with Crippen LogP contribution in [0.25, 0.3) is 4.85 Å². The van der Waals surface area contributed by atoms with Crippen LogP contribution in [0.2, 0.25) is 0 Å². The van der Waals surface area contributed by atoms with Crippen LogP contribution in [0, 0.1) is 6.57 Å². The van der Waals surface area contributed by atoms with Gasteiger partial charge in [0.25, 0.3) is 0 Å². The summed E-state index contributed by atoms with van der Waals surface area (Å²) < 4.78 is 0. The molecular formula is C8H13N. The van der Waals surface area contributed by atoms with Crippen LogP contribution in [0.1, 0.15) is 20.8 Å². The summed E-state index contributed by atoms with van der Waals surface area (Å²) in [4.78, 5) is 2.94. The first-order chi connectivity index (χ1) is 4.00. The molecule has 0 aromatic rings. The van der Waals surface area contributed by atoms with Crippen molar-refractivity contribution in [3.63, 3.8) is 0 Å². The highest BCUT2D eigenvalue weighted by atomic mass is 14.6. The fourth-order valence-electron chi connectivity index (χ4n) is 0. The largest absolute Gasteiger partial charge is 0.244 e. The Morgan fingerprint density at radius 2 is 1.33 bits per heavy atom. The fourth-order valence-corrected chi connectivity index (χ4v) is 0. The van der Waals surface area contributed by atoms with Crippen molar-refractivity contribution in [1.29, 1.82) is 0 Å². The summed E-state index contributed by atoms with van der Waals surface area (Å²) in [7, 11) is 0. The molecule has 1 nitrogen and oxygen atoms in total. The number of rotatable bonds is 0. The predicted octanol–water partition coefficient (Wildman–Crippen LogP) is 3.02. The van der Waals surface area contributed by atoms with Gasteiger partial charge in [0.1, 0.15) is 0 Å². The Morgan fingerprint density at radius 1 is 1.22 bits per heavy atom. The third-order valence-corrected chi connectivity index (χ3v) is 0.191. The summed E-state index contributed by atoms with van der Waals surface area (Å²) in [5, 5.41) is 0. The van der Waals surface area contributed by atoms with Gasteiger partial charge >= 0.3 is 0 Å².